The summed E-state index contributed by atoms with van der Waals surface area (Å²) in [5, 5.41) is 15.3. The number of carbonyl (C=O) groups is 1. The van der Waals surface area contributed by atoms with E-state index in [9.17, 15) is 4.79 Å². The molecule has 124 valence electrons. The van der Waals surface area contributed by atoms with E-state index in [0.29, 0.717) is 22.4 Å². The average molecular weight is 364 g/mol. The van der Waals surface area contributed by atoms with E-state index in [0.717, 1.165) is 11.3 Å². The predicted molar refractivity (Wildman–Crippen MR) is 91.2 cm³/mol. The minimum absolute atomic E-state index is 0.169. The zero-order chi connectivity index (χ0) is 16.9. The molecule has 2 heterocycles. The number of amides is 1. The second kappa shape index (κ2) is 7.50. The summed E-state index contributed by atoms with van der Waals surface area (Å²) in [6, 6.07) is 9.10. The summed E-state index contributed by atoms with van der Waals surface area (Å²) in [4.78, 5) is 12.1. The Kier molecular flexibility index (Phi) is 5.17. The number of furan rings is 1. The van der Waals surface area contributed by atoms with Crippen LogP contribution in [0.3, 0.4) is 0 Å². The first-order valence-electron chi connectivity index (χ1n) is 7.09. The molecule has 0 saturated heterocycles. The molecule has 3 rings (SSSR count). The standard InChI is InChI=1S/C15H14ClN5O2S/c1-10-4-5-13(12(16)7-10)17-14(22)9-24-15-18-19-20-21(15)8-11-3-2-6-23-11/h2-7H,8-9H2,1H3,(H,17,22). The molecule has 1 N–H and O–H groups in total. The van der Waals surface area contributed by atoms with Gasteiger partial charge >= 0.3 is 0 Å². The second-order valence-corrected chi connectivity index (χ2v) is 6.37. The van der Waals surface area contributed by atoms with Gasteiger partial charge in [-0.25, -0.2) is 4.68 Å². The number of nitrogens with zero attached hydrogens (tertiary/aromatic N) is 4. The molecule has 0 fully saturated rings. The molecule has 1 aromatic carbocycles. The number of aromatic nitrogens is 4. The molecule has 0 radical (unpaired) electrons. The third-order valence-electron chi connectivity index (χ3n) is 3.12. The molecule has 9 heteroatoms. The van der Waals surface area contributed by atoms with Crippen molar-refractivity contribution in [3.8, 4) is 0 Å². The van der Waals surface area contributed by atoms with Gasteiger partial charge < -0.3 is 9.73 Å². The normalized spacial score (nSPS) is 10.8. The first kappa shape index (κ1) is 16.5. The number of benzene rings is 1. The van der Waals surface area contributed by atoms with Crippen LogP contribution in [0.1, 0.15) is 11.3 Å². The fourth-order valence-corrected chi connectivity index (χ4v) is 2.95. The number of tetrazole rings is 1. The van der Waals surface area contributed by atoms with E-state index < -0.39 is 0 Å². The highest BCUT2D eigenvalue weighted by molar-refractivity contribution is 7.99. The van der Waals surface area contributed by atoms with E-state index in [-0.39, 0.29) is 11.7 Å². The Bertz CT molecular complexity index is 834. The van der Waals surface area contributed by atoms with Crippen molar-refractivity contribution in [1.29, 1.82) is 0 Å². The largest absolute Gasteiger partial charge is 0.467 e. The fraction of sp³-hybridized carbons (Fsp3) is 0.200. The molecule has 3 aromatic rings. The van der Waals surface area contributed by atoms with E-state index in [2.05, 4.69) is 20.8 Å². The number of anilines is 1. The van der Waals surface area contributed by atoms with Crippen molar-refractivity contribution in [2.75, 3.05) is 11.1 Å². The summed E-state index contributed by atoms with van der Waals surface area (Å²) >= 11 is 7.35. The van der Waals surface area contributed by atoms with Crippen molar-refractivity contribution >= 4 is 35.0 Å². The SMILES string of the molecule is Cc1ccc(NC(=O)CSc2nnnn2Cc2ccco2)c(Cl)c1. The van der Waals surface area contributed by atoms with E-state index in [1.54, 1.807) is 29.1 Å². The highest BCUT2D eigenvalue weighted by Crippen LogP contribution is 2.23. The van der Waals surface area contributed by atoms with Crippen molar-refractivity contribution in [3.63, 3.8) is 0 Å². The van der Waals surface area contributed by atoms with Gasteiger partial charge in [0, 0.05) is 0 Å². The van der Waals surface area contributed by atoms with Gasteiger partial charge in [0.2, 0.25) is 11.1 Å². The summed E-state index contributed by atoms with van der Waals surface area (Å²) in [7, 11) is 0. The fourth-order valence-electron chi connectivity index (χ4n) is 1.99. The van der Waals surface area contributed by atoms with Gasteiger partial charge in [0.15, 0.2) is 0 Å². The second-order valence-electron chi connectivity index (χ2n) is 5.02. The molecular formula is C15H14ClN5O2S. The van der Waals surface area contributed by atoms with Crippen molar-refractivity contribution in [2.45, 2.75) is 18.6 Å². The lowest BCUT2D eigenvalue weighted by atomic mass is 10.2. The van der Waals surface area contributed by atoms with Gasteiger partial charge in [-0.15, -0.1) is 5.10 Å². The van der Waals surface area contributed by atoms with Gasteiger partial charge in [0.1, 0.15) is 12.3 Å². The maximum atomic E-state index is 12.1. The van der Waals surface area contributed by atoms with Crippen LogP contribution in [0.15, 0.2) is 46.2 Å². The van der Waals surface area contributed by atoms with Crippen LogP contribution >= 0.6 is 23.4 Å². The maximum absolute atomic E-state index is 12.1. The highest BCUT2D eigenvalue weighted by Gasteiger charge is 2.12. The average Bonchev–Trinajstić information content (AvgIpc) is 3.20. The van der Waals surface area contributed by atoms with Crippen molar-refractivity contribution in [3.05, 3.63) is 52.9 Å². The summed E-state index contributed by atoms with van der Waals surface area (Å²) in [5.41, 5.74) is 1.62. The lowest BCUT2D eigenvalue weighted by Gasteiger charge is -2.07. The van der Waals surface area contributed by atoms with E-state index in [1.807, 2.05) is 19.1 Å². The van der Waals surface area contributed by atoms with Gasteiger partial charge in [-0.3, -0.25) is 4.79 Å². The number of halogens is 1. The van der Waals surface area contributed by atoms with Gasteiger partial charge in [0.05, 0.1) is 22.7 Å². The molecule has 7 nitrogen and oxygen atoms in total. The minimum atomic E-state index is -0.182. The third-order valence-corrected chi connectivity index (χ3v) is 4.39. The van der Waals surface area contributed by atoms with Crippen LogP contribution in [0, 0.1) is 6.92 Å². The topological polar surface area (TPSA) is 85.8 Å². The number of aryl methyl sites for hydroxylation is 1. The minimum Gasteiger partial charge on any atom is -0.467 e. The summed E-state index contributed by atoms with van der Waals surface area (Å²) < 4.78 is 6.85. The Morgan fingerprint density at radius 2 is 2.29 bits per heavy atom. The molecule has 0 atom stereocenters. The lowest BCUT2D eigenvalue weighted by Crippen LogP contribution is -2.15. The quantitative estimate of drug-likeness (QED) is 0.677. The Balaban J connectivity index is 1.58. The van der Waals surface area contributed by atoms with Crippen molar-refractivity contribution in [1.82, 2.24) is 20.2 Å². The molecule has 0 unspecified atom stereocenters. The molecule has 1 amide bonds. The van der Waals surface area contributed by atoms with Crippen LogP contribution in [0.4, 0.5) is 5.69 Å². The molecule has 0 spiro atoms. The van der Waals surface area contributed by atoms with Crippen LogP contribution in [0.5, 0.6) is 0 Å². The molecule has 0 saturated carbocycles. The van der Waals surface area contributed by atoms with E-state index in [4.69, 9.17) is 16.0 Å². The number of rotatable bonds is 6. The number of nitrogens with one attached hydrogen (secondary N) is 1. The first-order valence-corrected chi connectivity index (χ1v) is 8.45. The number of thioether (sulfide) groups is 1. The molecule has 0 aliphatic carbocycles. The predicted octanol–water partition coefficient (Wildman–Crippen LogP) is 3.01. The zero-order valence-electron chi connectivity index (χ0n) is 12.8. The molecule has 2 aromatic heterocycles. The summed E-state index contributed by atoms with van der Waals surface area (Å²) in [6.45, 7) is 2.35. The first-order chi connectivity index (χ1) is 11.6. The zero-order valence-corrected chi connectivity index (χ0v) is 14.3. The molecular weight excluding hydrogens is 350 g/mol. The van der Waals surface area contributed by atoms with Crippen molar-refractivity contribution in [2.24, 2.45) is 0 Å². The third kappa shape index (κ3) is 4.15. The maximum Gasteiger partial charge on any atom is 0.234 e. The Labute approximate surface area is 147 Å². The smallest absolute Gasteiger partial charge is 0.234 e. The van der Waals surface area contributed by atoms with Gasteiger partial charge in [-0.05, 0) is 47.2 Å². The number of hydrogen-bond donors (Lipinski definition) is 1. The molecule has 0 aliphatic heterocycles. The Morgan fingerprint density at radius 3 is 3.04 bits per heavy atom. The summed E-state index contributed by atoms with van der Waals surface area (Å²) in [5.74, 6) is 0.723. The van der Waals surface area contributed by atoms with E-state index in [1.165, 1.54) is 11.8 Å². The van der Waals surface area contributed by atoms with Gasteiger partial charge in [-0.2, -0.15) is 0 Å². The van der Waals surface area contributed by atoms with Crippen molar-refractivity contribution < 1.29 is 9.21 Å². The van der Waals surface area contributed by atoms with Gasteiger partial charge in [0.25, 0.3) is 0 Å². The molecule has 0 bridgehead atoms. The van der Waals surface area contributed by atoms with Crippen LogP contribution in [0.25, 0.3) is 0 Å². The molecule has 24 heavy (non-hydrogen) atoms. The van der Waals surface area contributed by atoms with Gasteiger partial charge in [-0.1, -0.05) is 29.4 Å². The highest BCUT2D eigenvalue weighted by atomic mass is 35.5. The monoisotopic (exact) mass is 363 g/mol. The Hall–Kier alpha value is -2.32. The number of carbonyl (C=O) groups excluding carboxylic acids is 1. The lowest BCUT2D eigenvalue weighted by molar-refractivity contribution is -0.113. The van der Waals surface area contributed by atoms with Crippen LogP contribution in [-0.4, -0.2) is 31.9 Å². The van der Waals surface area contributed by atoms with Crippen LogP contribution in [-0.2, 0) is 11.3 Å². The Morgan fingerprint density at radius 1 is 1.42 bits per heavy atom. The van der Waals surface area contributed by atoms with E-state index >= 15 is 0 Å². The van der Waals surface area contributed by atoms with Crippen LogP contribution < -0.4 is 5.32 Å². The summed E-state index contributed by atoms with van der Waals surface area (Å²) in [6.07, 6.45) is 1.59. The number of hydrogen-bond acceptors (Lipinski definition) is 6. The van der Waals surface area contributed by atoms with Crippen LogP contribution in [0.2, 0.25) is 5.02 Å². The molecule has 0 aliphatic rings.